The van der Waals surface area contributed by atoms with E-state index in [-0.39, 0.29) is 23.0 Å². The number of nitrogen functional groups attached to an aromatic ring is 1. The Balaban J connectivity index is 2.10. The van der Waals surface area contributed by atoms with Crippen molar-refractivity contribution in [1.82, 2.24) is 0 Å². The fourth-order valence-electron chi connectivity index (χ4n) is 2.04. The van der Waals surface area contributed by atoms with Crippen LogP contribution >= 0.6 is 0 Å². The molecule has 0 saturated carbocycles. The van der Waals surface area contributed by atoms with E-state index in [0.717, 1.165) is 11.6 Å². The molecule has 0 radical (unpaired) electrons. The first-order chi connectivity index (χ1) is 9.87. The van der Waals surface area contributed by atoms with E-state index in [9.17, 15) is 12.8 Å². The van der Waals surface area contributed by atoms with E-state index in [1.165, 1.54) is 12.1 Å². The second kappa shape index (κ2) is 6.13. The number of rotatable bonds is 5. The summed E-state index contributed by atoms with van der Waals surface area (Å²) >= 11 is 0. The zero-order valence-corrected chi connectivity index (χ0v) is 12.4. The van der Waals surface area contributed by atoms with Crippen molar-refractivity contribution in [3.63, 3.8) is 0 Å². The van der Waals surface area contributed by atoms with E-state index >= 15 is 0 Å². The molecule has 1 unspecified atom stereocenters. The Bertz CT molecular complexity index is 718. The molecule has 112 valence electrons. The van der Waals surface area contributed by atoms with Crippen LogP contribution in [0.15, 0.2) is 48.5 Å². The van der Waals surface area contributed by atoms with Crippen LogP contribution < -0.4 is 10.5 Å². The van der Waals surface area contributed by atoms with Gasteiger partial charge < -0.3 is 5.73 Å². The molecule has 3 N–H and O–H groups in total. The lowest BCUT2D eigenvalue weighted by atomic mass is 10.0. The molecule has 0 aliphatic carbocycles. The summed E-state index contributed by atoms with van der Waals surface area (Å²) in [4.78, 5) is 0. The summed E-state index contributed by atoms with van der Waals surface area (Å²) in [6, 6.07) is 13.1. The summed E-state index contributed by atoms with van der Waals surface area (Å²) in [7, 11) is -3.54. The molecule has 2 rings (SSSR count). The molecule has 0 aliphatic rings. The molecule has 0 saturated heterocycles. The van der Waals surface area contributed by atoms with Crippen molar-refractivity contribution in [2.75, 3.05) is 16.2 Å². The smallest absolute Gasteiger partial charge is 0.233 e. The number of halogens is 1. The molecule has 0 bridgehead atoms. The highest BCUT2D eigenvalue weighted by Gasteiger charge is 2.17. The third kappa shape index (κ3) is 4.19. The minimum absolute atomic E-state index is 0.0612. The summed E-state index contributed by atoms with van der Waals surface area (Å²) < 4.78 is 39.7. The quantitative estimate of drug-likeness (QED) is 0.834. The van der Waals surface area contributed by atoms with Gasteiger partial charge >= 0.3 is 0 Å². The Hall–Kier alpha value is -2.08. The number of hydrogen-bond donors (Lipinski definition) is 2. The van der Waals surface area contributed by atoms with Crippen LogP contribution in [0.25, 0.3) is 0 Å². The van der Waals surface area contributed by atoms with E-state index in [1.54, 1.807) is 0 Å². The van der Waals surface area contributed by atoms with Gasteiger partial charge in [0.1, 0.15) is 5.82 Å². The first-order valence-electron chi connectivity index (χ1n) is 6.48. The highest BCUT2D eigenvalue weighted by Crippen LogP contribution is 2.21. The van der Waals surface area contributed by atoms with Gasteiger partial charge in [-0.3, -0.25) is 4.72 Å². The third-order valence-corrected chi connectivity index (χ3v) is 4.59. The summed E-state index contributed by atoms with van der Waals surface area (Å²) in [6.45, 7) is 1.84. The number of sulfonamides is 1. The van der Waals surface area contributed by atoms with Gasteiger partial charge in [0, 0.05) is 0 Å². The van der Waals surface area contributed by atoms with Crippen molar-refractivity contribution in [3.05, 3.63) is 59.9 Å². The lowest BCUT2D eigenvalue weighted by Gasteiger charge is -2.14. The van der Waals surface area contributed by atoms with Gasteiger partial charge in [0.05, 0.1) is 17.1 Å². The minimum atomic E-state index is -3.54. The van der Waals surface area contributed by atoms with Crippen molar-refractivity contribution in [1.29, 1.82) is 0 Å². The monoisotopic (exact) mass is 308 g/mol. The molecular weight excluding hydrogens is 291 g/mol. The first-order valence-corrected chi connectivity index (χ1v) is 8.13. The summed E-state index contributed by atoms with van der Waals surface area (Å²) in [5, 5.41) is 0. The molecule has 4 nitrogen and oxygen atoms in total. The fourth-order valence-corrected chi connectivity index (χ4v) is 3.46. The highest BCUT2D eigenvalue weighted by molar-refractivity contribution is 7.92. The molecular formula is C15H17FN2O2S. The molecule has 0 aliphatic heterocycles. The Kier molecular flexibility index (Phi) is 4.47. The average Bonchev–Trinajstić information content (AvgIpc) is 2.43. The predicted octanol–water partition coefficient (Wildman–Crippen LogP) is 2.95. The van der Waals surface area contributed by atoms with E-state index in [0.29, 0.717) is 0 Å². The lowest BCUT2D eigenvalue weighted by molar-refractivity contribution is 0.595. The van der Waals surface area contributed by atoms with Gasteiger partial charge in [-0.15, -0.1) is 0 Å². The normalized spacial score (nSPS) is 12.9. The maximum absolute atomic E-state index is 13.1. The van der Waals surface area contributed by atoms with Crippen LogP contribution in [0.2, 0.25) is 0 Å². The van der Waals surface area contributed by atoms with E-state index in [2.05, 4.69) is 4.72 Å². The van der Waals surface area contributed by atoms with Crippen LogP contribution in [0.3, 0.4) is 0 Å². The van der Waals surface area contributed by atoms with Gasteiger partial charge in [-0.25, -0.2) is 12.8 Å². The number of benzene rings is 2. The summed E-state index contributed by atoms with van der Waals surface area (Å²) in [5.74, 6) is -0.786. The van der Waals surface area contributed by atoms with Crippen LogP contribution in [0.4, 0.5) is 15.8 Å². The first kappa shape index (κ1) is 15.3. The third-order valence-electron chi connectivity index (χ3n) is 3.11. The lowest BCUT2D eigenvalue weighted by Crippen LogP contribution is -2.20. The van der Waals surface area contributed by atoms with E-state index in [4.69, 9.17) is 5.73 Å². The highest BCUT2D eigenvalue weighted by atomic mass is 32.2. The van der Waals surface area contributed by atoms with Crippen molar-refractivity contribution < 1.29 is 12.8 Å². The Morgan fingerprint density at radius 2 is 1.86 bits per heavy atom. The van der Waals surface area contributed by atoms with Gasteiger partial charge in [-0.05, 0) is 29.7 Å². The number of nitrogens with one attached hydrogen (secondary N) is 1. The SMILES string of the molecule is CC(CS(=O)(=O)Nc1ccc(F)c(N)c1)c1ccccc1. The molecule has 1 atom stereocenters. The molecule has 2 aromatic carbocycles. The Morgan fingerprint density at radius 1 is 1.19 bits per heavy atom. The molecule has 0 aromatic heterocycles. The van der Waals surface area contributed by atoms with Crippen molar-refractivity contribution >= 4 is 21.4 Å². The number of anilines is 2. The molecule has 0 amide bonds. The topological polar surface area (TPSA) is 72.2 Å². The molecule has 0 spiro atoms. The Labute approximate surface area is 123 Å². The number of nitrogens with two attached hydrogens (primary N) is 1. The van der Waals surface area contributed by atoms with Gasteiger partial charge in [0.25, 0.3) is 0 Å². The molecule has 0 fully saturated rings. The van der Waals surface area contributed by atoms with Crippen LogP contribution in [-0.2, 0) is 10.0 Å². The maximum Gasteiger partial charge on any atom is 0.233 e. The molecule has 0 heterocycles. The number of hydrogen-bond acceptors (Lipinski definition) is 3. The van der Waals surface area contributed by atoms with Crippen LogP contribution in [-0.4, -0.2) is 14.2 Å². The van der Waals surface area contributed by atoms with Crippen molar-refractivity contribution in [2.45, 2.75) is 12.8 Å². The van der Waals surface area contributed by atoms with E-state index in [1.807, 2.05) is 37.3 Å². The van der Waals surface area contributed by atoms with Crippen LogP contribution in [0.5, 0.6) is 0 Å². The molecule has 21 heavy (non-hydrogen) atoms. The average molecular weight is 308 g/mol. The fraction of sp³-hybridized carbons (Fsp3) is 0.200. The maximum atomic E-state index is 13.1. The summed E-state index contributed by atoms with van der Waals surface area (Å²) in [6.07, 6.45) is 0. The largest absolute Gasteiger partial charge is 0.396 e. The van der Waals surface area contributed by atoms with Gasteiger partial charge in [-0.2, -0.15) is 0 Å². The van der Waals surface area contributed by atoms with Crippen molar-refractivity contribution in [3.8, 4) is 0 Å². The standard InChI is InChI=1S/C15H17FN2O2S/c1-11(12-5-3-2-4-6-12)10-21(19,20)18-13-7-8-14(16)15(17)9-13/h2-9,11,18H,10,17H2,1H3. The minimum Gasteiger partial charge on any atom is -0.396 e. The van der Waals surface area contributed by atoms with Crippen LogP contribution in [0.1, 0.15) is 18.4 Å². The van der Waals surface area contributed by atoms with Gasteiger partial charge in [0.2, 0.25) is 10.0 Å². The zero-order chi connectivity index (χ0) is 15.5. The second-order valence-electron chi connectivity index (χ2n) is 4.93. The molecule has 6 heteroatoms. The Morgan fingerprint density at radius 3 is 2.48 bits per heavy atom. The zero-order valence-electron chi connectivity index (χ0n) is 11.6. The van der Waals surface area contributed by atoms with Gasteiger partial charge in [-0.1, -0.05) is 37.3 Å². The van der Waals surface area contributed by atoms with Crippen LogP contribution in [0, 0.1) is 5.82 Å². The second-order valence-corrected chi connectivity index (χ2v) is 6.70. The summed E-state index contributed by atoms with van der Waals surface area (Å²) in [5.41, 5.74) is 6.53. The van der Waals surface area contributed by atoms with Gasteiger partial charge in [0.15, 0.2) is 0 Å². The van der Waals surface area contributed by atoms with E-state index < -0.39 is 15.8 Å². The van der Waals surface area contributed by atoms with Crippen molar-refractivity contribution in [2.24, 2.45) is 0 Å². The predicted molar refractivity (Wildman–Crippen MR) is 83.1 cm³/mol. The molecule has 2 aromatic rings.